The molecule has 2 aromatic rings. The number of ether oxygens (including phenoxy) is 1. The molecule has 0 spiro atoms. The van der Waals surface area contributed by atoms with Crippen molar-refractivity contribution in [3.8, 4) is 5.75 Å². The molecule has 1 N–H and O–H groups in total. The van der Waals surface area contributed by atoms with Crippen LogP contribution in [-0.2, 0) is 15.8 Å². The number of nitrogens with one attached hydrogen (secondary N) is 1. The smallest absolute Gasteiger partial charge is 0.251 e. The summed E-state index contributed by atoms with van der Waals surface area (Å²) in [5, 5.41) is 2.96. The number of benzene rings is 2. The van der Waals surface area contributed by atoms with Crippen molar-refractivity contribution in [1.82, 2.24) is 14.5 Å². The quantitative estimate of drug-likeness (QED) is 0.728. The number of carbonyl (C=O) groups excluding carboxylic acids is 1. The van der Waals surface area contributed by atoms with E-state index in [4.69, 9.17) is 4.74 Å². The van der Waals surface area contributed by atoms with Gasteiger partial charge >= 0.3 is 0 Å². The fourth-order valence-electron chi connectivity index (χ4n) is 3.38. The molecule has 3 rings (SSSR count). The molecule has 1 saturated heterocycles. The highest BCUT2D eigenvalue weighted by atomic mass is 32.2. The van der Waals surface area contributed by atoms with E-state index < -0.39 is 10.0 Å². The van der Waals surface area contributed by atoms with Crippen LogP contribution in [0, 0.1) is 0 Å². The maximum Gasteiger partial charge on any atom is 0.251 e. The van der Waals surface area contributed by atoms with Crippen molar-refractivity contribution in [2.75, 3.05) is 40.3 Å². The molecule has 162 valence electrons. The predicted molar refractivity (Wildman–Crippen MR) is 117 cm³/mol. The molecule has 1 heterocycles. The van der Waals surface area contributed by atoms with Crippen LogP contribution in [0.5, 0.6) is 5.75 Å². The molecule has 1 atom stereocenters. The average molecular weight is 432 g/mol. The Morgan fingerprint density at radius 2 is 1.63 bits per heavy atom. The summed E-state index contributed by atoms with van der Waals surface area (Å²) in [5.74, 6) is 0.507. The van der Waals surface area contributed by atoms with Gasteiger partial charge in [-0.3, -0.25) is 4.79 Å². The molecule has 0 saturated carbocycles. The van der Waals surface area contributed by atoms with Crippen LogP contribution in [0.4, 0.5) is 0 Å². The lowest BCUT2D eigenvalue weighted by Gasteiger charge is -2.31. The molecule has 0 aliphatic carbocycles. The number of likely N-dealkylation sites (N-methyl/N-ethyl adjacent to an activating group) is 1. The predicted octanol–water partition coefficient (Wildman–Crippen LogP) is 2.26. The third-order valence-electron chi connectivity index (χ3n) is 5.38. The maximum atomic E-state index is 12.6. The van der Waals surface area contributed by atoms with E-state index in [9.17, 15) is 13.2 Å². The standard InChI is InChI=1S/C22H29N3O4S/c1-17(19-8-10-21(29-3)11-9-19)23-22(26)20-6-4-18(5-7-20)16-30(27,28)25-14-12-24(2)13-15-25/h4-11,17H,12-16H2,1-3H3,(H,23,26). The van der Waals surface area contributed by atoms with Crippen molar-refractivity contribution in [2.24, 2.45) is 0 Å². The molecule has 7 nitrogen and oxygen atoms in total. The van der Waals surface area contributed by atoms with Crippen molar-refractivity contribution in [3.05, 3.63) is 65.2 Å². The van der Waals surface area contributed by atoms with Crippen molar-refractivity contribution in [2.45, 2.75) is 18.7 Å². The monoisotopic (exact) mass is 431 g/mol. The highest BCUT2D eigenvalue weighted by Crippen LogP contribution is 2.18. The van der Waals surface area contributed by atoms with Gasteiger partial charge in [-0.15, -0.1) is 0 Å². The zero-order valence-corrected chi connectivity index (χ0v) is 18.5. The van der Waals surface area contributed by atoms with Gasteiger partial charge in [0.05, 0.1) is 18.9 Å². The van der Waals surface area contributed by atoms with Crippen LogP contribution in [0.2, 0.25) is 0 Å². The molecule has 30 heavy (non-hydrogen) atoms. The molecule has 0 bridgehead atoms. The molecule has 1 aliphatic rings. The first-order valence-corrected chi connectivity index (χ1v) is 11.6. The number of hydrogen-bond donors (Lipinski definition) is 1. The molecule has 1 unspecified atom stereocenters. The minimum Gasteiger partial charge on any atom is -0.497 e. The lowest BCUT2D eigenvalue weighted by molar-refractivity contribution is 0.0940. The molecule has 0 radical (unpaired) electrons. The summed E-state index contributed by atoms with van der Waals surface area (Å²) >= 11 is 0. The van der Waals surface area contributed by atoms with E-state index in [-0.39, 0.29) is 17.7 Å². The Bertz CT molecular complexity index is 951. The van der Waals surface area contributed by atoms with Crippen LogP contribution < -0.4 is 10.1 Å². The zero-order chi connectivity index (χ0) is 21.7. The van der Waals surface area contributed by atoms with Crippen LogP contribution in [0.1, 0.15) is 34.5 Å². The van der Waals surface area contributed by atoms with Crippen molar-refractivity contribution < 1.29 is 17.9 Å². The molecule has 1 fully saturated rings. The molecule has 1 amide bonds. The van der Waals surface area contributed by atoms with Gasteiger partial charge < -0.3 is 15.0 Å². The highest BCUT2D eigenvalue weighted by Gasteiger charge is 2.25. The first-order chi connectivity index (χ1) is 14.3. The number of amides is 1. The Morgan fingerprint density at radius 3 is 2.20 bits per heavy atom. The van der Waals surface area contributed by atoms with Gasteiger partial charge in [0.25, 0.3) is 5.91 Å². The fourth-order valence-corrected chi connectivity index (χ4v) is 4.89. The zero-order valence-electron chi connectivity index (χ0n) is 17.7. The number of rotatable bonds is 7. The van der Waals surface area contributed by atoms with E-state index in [1.54, 1.807) is 35.7 Å². The van der Waals surface area contributed by atoms with Crippen molar-refractivity contribution in [3.63, 3.8) is 0 Å². The van der Waals surface area contributed by atoms with E-state index in [0.29, 0.717) is 24.2 Å². The molecular weight excluding hydrogens is 402 g/mol. The lowest BCUT2D eigenvalue weighted by atomic mass is 10.1. The molecule has 0 aromatic heterocycles. The molecule has 8 heteroatoms. The normalized spacial score (nSPS) is 16.8. The van der Waals surface area contributed by atoms with E-state index in [0.717, 1.165) is 24.4 Å². The van der Waals surface area contributed by atoms with E-state index in [1.165, 1.54) is 0 Å². The van der Waals surface area contributed by atoms with Gasteiger partial charge in [0.1, 0.15) is 5.75 Å². The van der Waals surface area contributed by atoms with Crippen molar-refractivity contribution in [1.29, 1.82) is 0 Å². The molecular formula is C22H29N3O4S. The highest BCUT2D eigenvalue weighted by molar-refractivity contribution is 7.88. The van der Waals surface area contributed by atoms with Crippen LogP contribution in [0.15, 0.2) is 48.5 Å². The third-order valence-corrected chi connectivity index (χ3v) is 7.23. The number of nitrogens with zero attached hydrogens (tertiary/aromatic N) is 2. The summed E-state index contributed by atoms with van der Waals surface area (Å²) in [6, 6.07) is 14.1. The van der Waals surface area contributed by atoms with Gasteiger partial charge in [-0.1, -0.05) is 24.3 Å². The Balaban J connectivity index is 1.59. The second-order valence-electron chi connectivity index (χ2n) is 7.62. The van der Waals surface area contributed by atoms with E-state index in [2.05, 4.69) is 10.2 Å². The Morgan fingerprint density at radius 1 is 1.03 bits per heavy atom. The maximum absolute atomic E-state index is 12.6. The van der Waals surface area contributed by atoms with Gasteiger partial charge in [-0.25, -0.2) is 8.42 Å². The Kier molecular flexibility index (Phi) is 7.12. The summed E-state index contributed by atoms with van der Waals surface area (Å²) in [7, 11) is 0.243. The topological polar surface area (TPSA) is 78.9 Å². The second-order valence-corrected chi connectivity index (χ2v) is 9.59. The number of methoxy groups -OCH3 is 1. The second kappa shape index (κ2) is 9.59. The SMILES string of the molecule is COc1ccc(C(C)NC(=O)c2ccc(CS(=O)(=O)N3CCN(C)CC3)cc2)cc1. The van der Waals surface area contributed by atoms with Gasteiger partial charge in [0, 0.05) is 31.7 Å². The summed E-state index contributed by atoms with van der Waals surface area (Å²) in [4.78, 5) is 14.7. The summed E-state index contributed by atoms with van der Waals surface area (Å²) in [6.45, 7) is 4.43. The number of hydrogen-bond acceptors (Lipinski definition) is 5. The number of sulfonamides is 1. The van der Waals surface area contributed by atoms with Crippen LogP contribution in [-0.4, -0.2) is 63.9 Å². The van der Waals surface area contributed by atoms with E-state index in [1.807, 2.05) is 38.2 Å². The van der Waals surface area contributed by atoms with Crippen LogP contribution >= 0.6 is 0 Å². The summed E-state index contributed by atoms with van der Waals surface area (Å²) in [6.07, 6.45) is 0. The lowest BCUT2D eigenvalue weighted by Crippen LogP contribution is -2.47. The third kappa shape index (κ3) is 5.59. The summed E-state index contributed by atoms with van der Waals surface area (Å²) < 4.78 is 32.0. The van der Waals surface area contributed by atoms with E-state index >= 15 is 0 Å². The first kappa shape index (κ1) is 22.3. The fraction of sp³-hybridized carbons (Fsp3) is 0.409. The van der Waals surface area contributed by atoms with Crippen LogP contribution in [0.25, 0.3) is 0 Å². The van der Waals surface area contributed by atoms with Crippen molar-refractivity contribution >= 4 is 15.9 Å². The Labute approximate surface area is 178 Å². The largest absolute Gasteiger partial charge is 0.497 e. The van der Waals surface area contributed by atoms with Gasteiger partial charge in [-0.2, -0.15) is 4.31 Å². The van der Waals surface area contributed by atoms with Gasteiger partial charge in [0.2, 0.25) is 10.0 Å². The van der Waals surface area contributed by atoms with Crippen LogP contribution in [0.3, 0.4) is 0 Å². The minimum absolute atomic E-state index is 0.0547. The average Bonchev–Trinajstić information content (AvgIpc) is 2.74. The van der Waals surface area contributed by atoms with Gasteiger partial charge in [-0.05, 0) is 49.4 Å². The number of piperazine rings is 1. The van der Waals surface area contributed by atoms with Gasteiger partial charge in [0.15, 0.2) is 0 Å². The Hall–Kier alpha value is -2.42. The number of carbonyl (C=O) groups is 1. The molecule has 2 aromatic carbocycles. The first-order valence-electron chi connectivity index (χ1n) is 9.98. The summed E-state index contributed by atoms with van der Waals surface area (Å²) in [5.41, 5.74) is 2.14. The molecule has 1 aliphatic heterocycles. The minimum atomic E-state index is -3.36.